The number of benzene rings is 1. The van der Waals surface area contributed by atoms with Gasteiger partial charge in [0.25, 0.3) is 0 Å². The van der Waals surface area contributed by atoms with E-state index in [0.29, 0.717) is 31.6 Å². The molecule has 0 fully saturated rings. The van der Waals surface area contributed by atoms with Gasteiger partial charge in [-0.1, -0.05) is 6.92 Å². The molecule has 1 aromatic rings. The number of hydrogen-bond donors (Lipinski definition) is 1. The average Bonchev–Trinajstić information content (AvgIpc) is 2.51. The lowest BCUT2D eigenvalue weighted by Gasteiger charge is -2.25. The molecule has 0 bridgehead atoms. The minimum absolute atomic E-state index is 0.293. The number of rotatable bonds is 4. The van der Waals surface area contributed by atoms with Gasteiger partial charge in [0.05, 0.1) is 24.5 Å². The Bertz CT molecular complexity index is 544. The van der Waals surface area contributed by atoms with Gasteiger partial charge in [0, 0.05) is 0 Å². The summed E-state index contributed by atoms with van der Waals surface area (Å²) in [6, 6.07) is -1.11. The van der Waals surface area contributed by atoms with Gasteiger partial charge in [-0.3, -0.25) is 0 Å². The topological polar surface area (TPSA) is 21.3 Å². The Kier molecular flexibility index (Phi) is 4.82. The van der Waals surface area contributed by atoms with Crippen LogP contribution in [0, 0.1) is 29.1 Å². The molecular weight excluding hydrogens is 293 g/mol. The zero-order chi connectivity index (χ0) is 15.6. The molecule has 0 aliphatic carbocycles. The Morgan fingerprint density at radius 3 is 2.10 bits per heavy atom. The molecule has 1 unspecified atom stereocenters. The summed E-state index contributed by atoms with van der Waals surface area (Å²) in [6.07, 6.45) is 2.38. The van der Waals surface area contributed by atoms with Crippen LogP contribution in [0.4, 0.5) is 22.0 Å². The van der Waals surface area contributed by atoms with Gasteiger partial charge >= 0.3 is 0 Å². The van der Waals surface area contributed by atoms with E-state index in [4.69, 9.17) is 4.74 Å². The van der Waals surface area contributed by atoms with Crippen molar-refractivity contribution >= 4 is 0 Å². The lowest BCUT2D eigenvalue weighted by Crippen LogP contribution is -2.27. The molecule has 1 aromatic carbocycles. The quantitative estimate of drug-likeness (QED) is 0.520. The number of ether oxygens (including phenoxy) is 1. The second-order valence-electron chi connectivity index (χ2n) is 4.64. The third-order valence-corrected chi connectivity index (χ3v) is 3.27. The van der Waals surface area contributed by atoms with Crippen molar-refractivity contribution in [3.05, 3.63) is 46.5 Å². The highest BCUT2D eigenvalue weighted by atomic mass is 19.2. The summed E-state index contributed by atoms with van der Waals surface area (Å²) in [5.41, 5.74) is -0.420. The number of halogens is 5. The van der Waals surface area contributed by atoms with Crippen molar-refractivity contribution in [3.8, 4) is 0 Å². The normalized spacial score (nSPS) is 16.4. The van der Waals surface area contributed by atoms with E-state index in [1.807, 2.05) is 0 Å². The third-order valence-electron chi connectivity index (χ3n) is 3.27. The van der Waals surface area contributed by atoms with E-state index < -0.39 is 40.7 Å². The first kappa shape index (κ1) is 15.8. The predicted molar refractivity (Wildman–Crippen MR) is 65.9 cm³/mol. The summed E-state index contributed by atoms with van der Waals surface area (Å²) in [5, 5.41) is 2.74. The minimum atomic E-state index is -2.15. The molecule has 0 radical (unpaired) electrons. The number of nitrogens with one attached hydrogen (secondary N) is 1. The van der Waals surface area contributed by atoms with E-state index in [-0.39, 0.29) is 0 Å². The molecule has 0 saturated heterocycles. The molecule has 2 rings (SSSR count). The van der Waals surface area contributed by atoms with Crippen LogP contribution in [0.25, 0.3) is 0 Å². The van der Waals surface area contributed by atoms with Crippen molar-refractivity contribution < 1.29 is 26.7 Å². The Balaban J connectivity index is 2.57. The van der Waals surface area contributed by atoms with E-state index in [2.05, 4.69) is 5.32 Å². The second kappa shape index (κ2) is 6.43. The molecule has 0 spiro atoms. The lowest BCUT2D eigenvalue weighted by molar-refractivity contribution is 0.218. The maximum Gasteiger partial charge on any atom is 0.200 e. The van der Waals surface area contributed by atoms with Crippen LogP contribution in [0.1, 0.15) is 31.4 Å². The fourth-order valence-corrected chi connectivity index (χ4v) is 2.29. The molecule has 1 N–H and O–H groups in total. The van der Waals surface area contributed by atoms with Crippen molar-refractivity contribution in [3.63, 3.8) is 0 Å². The van der Waals surface area contributed by atoms with Gasteiger partial charge in [0.1, 0.15) is 0 Å². The zero-order valence-corrected chi connectivity index (χ0v) is 11.3. The van der Waals surface area contributed by atoms with E-state index in [1.54, 1.807) is 6.92 Å². The van der Waals surface area contributed by atoms with Crippen LogP contribution in [-0.2, 0) is 4.74 Å². The molecule has 1 aliphatic heterocycles. The van der Waals surface area contributed by atoms with Crippen LogP contribution in [0.5, 0.6) is 0 Å². The van der Waals surface area contributed by atoms with Gasteiger partial charge in [-0.15, -0.1) is 0 Å². The molecule has 116 valence electrons. The van der Waals surface area contributed by atoms with E-state index in [9.17, 15) is 22.0 Å². The monoisotopic (exact) mass is 307 g/mol. The Labute approximate surface area is 118 Å². The first-order valence-corrected chi connectivity index (χ1v) is 6.54. The van der Waals surface area contributed by atoms with Gasteiger partial charge in [-0.25, -0.2) is 22.0 Å². The first-order valence-electron chi connectivity index (χ1n) is 6.54. The SMILES string of the molecule is CCNC(C1=COCCC1)c1c(F)c(F)c(F)c(F)c1F. The summed E-state index contributed by atoms with van der Waals surface area (Å²) >= 11 is 0. The Morgan fingerprint density at radius 1 is 1.05 bits per heavy atom. The van der Waals surface area contributed by atoms with Crippen LogP contribution >= 0.6 is 0 Å². The molecule has 21 heavy (non-hydrogen) atoms. The molecule has 1 aliphatic rings. The number of likely N-dealkylation sites (N-methyl/N-ethyl adjacent to an activating group) is 1. The maximum absolute atomic E-state index is 13.9. The van der Waals surface area contributed by atoms with Gasteiger partial charge in [-0.05, 0) is 25.0 Å². The van der Waals surface area contributed by atoms with Crippen LogP contribution < -0.4 is 5.32 Å². The highest BCUT2D eigenvalue weighted by Crippen LogP contribution is 2.34. The molecule has 1 atom stereocenters. The minimum Gasteiger partial charge on any atom is -0.501 e. The van der Waals surface area contributed by atoms with Crippen molar-refractivity contribution in [2.75, 3.05) is 13.2 Å². The molecule has 7 heteroatoms. The summed E-state index contributed by atoms with van der Waals surface area (Å²) in [5.74, 6) is -9.67. The molecule has 2 nitrogen and oxygen atoms in total. The van der Waals surface area contributed by atoms with Gasteiger partial charge in [-0.2, -0.15) is 0 Å². The maximum atomic E-state index is 13.9. The van der Waals surface area contributed by atoms with E-state index in [1.165, 1.54) is 6.26 Å². The molecular formula is C14H14F5NO. The van der Waals surface area contributed by atoms with Crippen molar-refractivity contribution in [1.29, 1.82) is 0 Å². The fraction of sp³-hybridized carbons (Fsp3) is 0.429. The third kappa shape index (κ3) is 2.88. The predicted octanol–water partition coefficient (Wildman–Crippen LogP) is 3.73. The highest BCUT2D eigenvalue weighted by Gasteiger charge is 2.32. The largest absolute Gasteiger partial charge is 0.501 e. The first-order chi connectivity index (χ1) is 9.99. The molecule has 0 aromatic heterocycles. The smallest absolute Gasteiger partial charge is 0.200 e. The van der Waals surface area contributed by atoms with Gasteiger partial charge in [0.15, 0.2) is 23.3 Å². The summed E-state index contributed by atoms with van der Waals surface area (Å²) in [7, 11) is 0. The lowest BCUT2D eigenvalue weighted by atomic mass is 9.94. The number of hydrogen-bond acceptors (Lipinski definition) is 2. The van der Waals surface area contributed by atoms with Crippen molar-refractivity contribution in [2.45, 2.75) is 25.8 Å². The zero-order valence-electron chi connectivity index (χ0n) is 11.3. The Morgan fingerprint density at radius 2 is 1.62 bits per heavy atom. The summed E-state index contributed by atoms with van der Waals surface area (Å²) in [4.78, 5) is 0. The van der Waals surface area contributed by atoms with Crippen LogP contribution in [-0.4, -0.2) is 13.2 Å². The van der Waals surface area contributed by atoms with E-state index in [0.717, 1.165) is 0 Å². The molecule has 0 amide bonds. The van der Waals surface area contributed by atoms with Crippen LogP contribution in [0.15, 0.2) is 11.8 Å². The van der Waals surface area contributed by atoms with Gasteiger partial charge < -0.3 is 10.1 Å². The summed E-state index contributed by atoms with van der Waals surface area (Å²) in [6.45, 7) is 2.42. The van der Waals surface area contributed by atoms with Gasteiger partial charge in [0.2, 0.25) is 5.82 Å². The summed E-state index contributed by atoms with van der Waals surface area (Å²) < 4.78 is 72.7. The van der Waals surface area contributed by atoms with Crippen molar-refractivity contribution in [2.24, 2.45) is 0 Å². The standard InChI is InChI=1S/C14H14F5NO/c1-2-20-14(7-4-3-5-21-6-7)8-9(15)11(17)13(19)12(18)10(8)16/h6,14,20H,2-5H2,1H3. The second-order valence-corrected chi connectivity index (χ2v) is 4.64. The van der Waals surface area contributed by atoms with Crippen LogP contribution in [0.2, 0.25) is 0 Å². The fourth-order valence-electron chi connectivity index (χ4n) is 2.29. The molecule has 1 heterocycles. The van der Waals surface area contributed by atoms with Crippen LogP contribution in [0.3, 0.4) is 0 Å². The molecule has 0 saturated carbocycles. The van der Waals surface area contributed by atoms with Crippen molar-refractivity contribution in [1.82, 2.24) is 5.32 Å². The highest BCUT2D eigenvalue weighted by molar-refractivity contribution is 5.33. The average molecular weight is 307 g/mol. The van der Waals surface area contributed by atoms with E-state index >= 15 is 0 Å². The Hall–Kier alpha value is -1.63.